The van der Waals surface area contributed by atoms with E-state index in [0.29, 0.717) is 89.4 Å². The van der Waals surface area contributed by atoms with Gasteiger partial charge in [0.25, 0.3) is 0 Å². The van der Waals surface area contributed by atoms with E-state index in [1.165, 1.54) is 48.5 Å². The first-order valence-electron chi connectivity index (χ1n) is 18.5. The van der Waals surface area contributed by atoms with Gasteiger partial charge in [-0.2, -0.15) is 0 Å². The first kappa shape index (κ1) is 45.2. The Hall–Kier alpha value is -6.37. The fraction of sp³-hybridized carbons (Fsp3) is 0. The van der Waals surface area contributed by atoms with Gasteiger partial charge in [-0.15, -0.1) is 22.1 Å². The van der Waals surface area contributed by atoms with Crippen molar-refractivity contribution in [3.63, 3.8) is 0 Å². The van der Waals surface area contributed by atoms with E-state index in [1.807, 2.05) is 0 Å². The van der Waals surface area contributed by atoms with E-state index < -0.39 is 60.1 Å². The van der Waals surface area contributed by atoms with Crippen LogP contribution >= 0.6 is 0 Å². The second-order valence-corrected chi connectivity index (χ2v) is 19.8. The van der Waals surface area contributed by atoms with E-state index in [-0.39, 0.29) is 16.8 Å². The summed E-state index contributed by atoms with van der Waals surface area (Å²) in [5, 5.41) is 0. The van der Waals surface area contributed by atoms with E-state index in [0.717, 1.165) is 48.5 Å². The van der Waals surface area contributed by atoms with Crippen LogP contribution < -0.4 is 9.97 Å². The van der Waals surface area contributed by atoms with Crippen molar-refractivity contribution in [2.45, 2.75) is 19.6 Å². The van der Waals surface area contributed by atoms with Crippen LogP contribution in [0.5, 0.6) is 0 Å². The van der Waals surface area contributed by atoms with Crippen molar-refractivity contribution in [3.05, 3.63) is 144 Å². The molecule has 9 rings (SSSR count). The van der Waals surface area contributed by atoms with Gasteiger partial charge in [0, 0.05) is 5.56 Å². The van der Waals surface area contributed by atoms with Gasteiger partial charge < -0.3 is 28.2 Å². The molecule has 0 aliphatic carbocycles. The Morgan fingerprint density at radius 3 is 0.785 bits per heavy atom. The Morgan fingerprint density at radius 1 is 0.308 bits per heavy atom. The molecule has 0 spiro atoms. The van der Waals surface area contributed by atoms with Crippen LogP contribution in [-0.4, -0.2) is 61.9 Å². The zero-order valence-electron chi connectivity index (χ0n) is 32.5. The molecule has 2 aliphatic rings. The third-order valence-electron chi connectivity index (χ3n) is 10.3. The fourth-order valence-electron chi connectivity index (χ4n) is 7.42. The van der Waals surface area contributed by atoms with Gasteiger partial charge >= 0.3 is 16.8 Å². The molecular weight excluding hydrogens is 964 g/mol. The van der Waals surface area contributed by atoms with Crippen molar-refractivity contribution in [3.8, 4) is 44.5 Å². The number of aromatic nitrogens is 4. The number of hydrogen-bond donors (Lipinski definition) is 0. The van der Waals surface area contributed by atoms with E-state index in [4.69, 9.17) is 19.9 Å². The van der Waals surface area contributed by atoms with Crippen molar-refractivity contribution >= 4 is 86.8 Å². The van der Waals surface area contributed by atoms with Crippen LogP contribution in [-0.2, 0) is 57.3 Å². The molecule has 4 aromatic carbocycles. The third kappa shape index (κ3) is 8.89. The van der Waals surface area contributed by atoms with Gasteiger partial charge in [0.05, 0.1) is 42.4 Å². The molecule has 0 unspecified atom stereocenters. The molecule has 8 bridgehead atoms. The van der Waals surface area contributed by atoms with Gasteiger partial charge in [0.1, 0.15) is 40.5 Å². The largest absolute Gasteiger partial charge is 3.00 e. The molecule has 65 heavy (non-hydrogen) atoms. The van der Waals surface area contributed by atoms with Crippen molar-refractivity contribution in [1.82, 2.24) is 19.9 Å². The summed E-state index contributed by atoms with van der Waals surface area (Å²) in [6.07, 6.45) is 6.65. The predicted octanol–water partition coefficient (Wildman–Crippen LogP) is 6.20. The smallest absolute Gasteiger partial charge is 0.744 e. The molecule has 0 fully saturated rings. The van der Waals surface area contributed by atoms with Crippen LogP contribution in [0.3, 0.4) is 0 Å². The molecule has 7 aromatic rings. The topological polar surface area (TPSA) is 283 Å². The van der Waals surface area contributed by atoms with Crippen LogP contribution in [0.2, 0.25) is 0 Å². The van der Waals surface area contributed by atoms with E-state index >= 15 is 0 Å². The van der Waals surface area contributed by atoms with E-state index in [1.54, 1.807) is 48.6 Å². The summed E-state index contributed by atoms with van der Waals surface area (Å²) in [5.74, 6) is 0. The molecule has 0 atom stereocenters. The first-order valence-corrected chi connectivity index (χ1v) is 24.2. The van der Waals surface area contributed by atoms with Crippen LogP contribution in [0.15, 0.2) is 141 Å². The second-order valence-electron chi connectivity index (χ2n) is 14.3. The van der Waals surface area contributed by atoms with E-state index in [2.05, 4.69) is 0 Å². The quantitative estimate of drug-likeness (QED) is 0.153. The third-order valence-corrected chi connectivity index (χ3v) is 13.7. The maximum atomic E-state index is 11.9. The van der Waals surface area contributed by atoms with Gasteiger partial charge in [-0.25, -0.2) is 43.6 Å². The minimum Gasteiger partial charge on any atom is -0.744 e. The van der Waals surface area contributed by atoms with Crippen molar-refractivity contribution < 1.29 is 68.7 Å². The van der Waals surface area contributed by atoms with Crippen molar-refractivity contribution in [1.29, 1.82) is 0 Å². The van der Waals surface area contributed by atoms with Crippen LogP contribution in [0.4, 0.5) is 0 Å². The summed E-state index contributed by atoms with van der Waals surface area (Å²) in [6.45, 7) is 0. The molecular formula is C44H24CoN4O12S4-3. The molecule has 0 saturated heterocycles. The predicted molar refractivity (Wildman–Crippen MR) is 230 cm³/mol. The number of nitrogens with zero attached hydrogens (tertiary/aromatic N) is 4. The van der Waals surface area contributed by atoms with Crippen LogP contribution in [0.25, 0.3) is 90.9 Å². The minimum absolute atomic E-state index is 0. The summed E-state index contributed by atoms with van der Waals surface area (Å²) in [7, 11) is -19.3. The van der Waals surface area contributed by atoms with Gasteiger partial charge in [-0.05, 0) is 112 Å². The standard InChI is InChI=1S/C44H28N4O12S4.Co/c49-61(50,51)29-9-1-25(2-10-29)41-33-17-19-35(45-33)42(26-3-11-30(12-4-26)62(52,53)54)37-21-23-39(47-37)44(28-7-15-32(16-8-28)64(58,59)60)40-24-22-38(48-40)43(36-20-18-34(41)46-36)27-5-13-31(14-6-27)63(55,56)57;/h1-24H,(H,49,50,51)(H,52,53,54)(H,55,56,57)(H,58,59,60);/q-2;+3/p-4. The zero-order chi connectivity index (χ0) is 45.3. The summed E-state index contributed by atoms with van der Waals surface area (Å²) in [5.41, 5.74) is 5.63. The Balaban J connectivity index is 0.00000576. The number of fused-ring (bicyclic) bond motifs is 8. The summed E-state index contributed by atoms with van der Waals surface area (Å²) in [6, 6.07) is 27.2. The van der Waals surface area contributed by atoms with Gasteiger partial charge in [-0.3, -0.25) is 0 Å². The summed E-state index contributed by atoms with van der Waals surface area (Å²) >= 11 is 0. The Morgan fingerprint density at radius 2 is 0.523 bits per heavy atom. The van der Waals surface area contributed by atoms with Gasteiger partial charge in [0.15, 0.2) is 0 Å². The monoisotopic (exact) mass is 987 g/mol. The number of rotatable bonds is 8. The Bertz CT molecular complexity index is 3620. The SMILES string of the molecule is O=S(=O)([O-])c1ccc(-c2c3nc(c(-c4ccc(S(=O)(=O)[O-])cc4)c4ccc([n-]4)c(-c4ccc(S(=O)(=O)[O-])cc4)c4ccc([n-]4)c(-c4ccc(S(=O)(=O)[O-])cc4)c4nc2C=C4)C=C3)cc1.[Co+3]. The normalized spacial score (nSPS) is 12.9. The van der Waals surface area contributed by atoms with Gasteiger partial charge in [0.2, 0.25) is 0 Å². The Labute approximate surface area is 381 Å². The minimum atomic E-state index is -4.82. The zero-order valence-corrected chi connectivity index (χ0v) is 36.8. The molecule has 3 aromatic heterocycles. The summed E-state index contributed by atoms with van der Waals surface area (Å²) in [4.78, 5) is 18.0. The molecule has 21 heteroatoms. The van der Waals surface area contributed by atoms with Gasteiger partial charge in [-0.1, -0.05) is 72.8 Å². The molecule has 5 heterocycles. The average Bonchev–Trinajstić information content (AvgIpc) is 4.08. The maximum Gasteiger partial charge on any atom is 3.00 e. The molecule has 0 radical (unpaired) electrons. The fourth-order valence-corrected chi connectivity index (χ4v) is 9.30. The molecule has 0 saturated carbocycles. The first-order chi connectivity index (χ1) is 30.2. The van der Waals surface area contributed by atoms with Crippen LogP contribution in [0, 0.1) is 0 Å². The van der Waals surface area contributed by atoms with Crippen molar-refractivity contribution in [2.24, 2.45) is 0 Å². The summed E-state index contributed by atoms with van der Waals surface area (Å²) < 4.78 is 143. The molecule has 328 valence electrons. The number of benzene rings is 4. The number of hydrogen-bond acceptors (Lipinski definition) is 14. The Kier molecular flexibility index (Phi) is 11.5. The maximum absolute atomic E-state index is 11.9. The van der Waals surface area contributed by atoms with E-state index in [9.17, 15) is 51.9 Å². The molecule has 2 aliphatic heterocycles. The van der Waals surface area contributed by atoms with Crippen molar-refractivity contribution in [2.75, 3.05) is 0 Å². The second kappa shape index (κ2) is 16.6. The average molecular weight is 988 g/mol. The molecule has 0 N–H and O–H groups in total. The molecule has 16 nitrogen and oxygen atoms in total. The molecule has 0 amide bonds. The van der Waals surface area contributed by atoms with Crippen LogP contribution in [0.1, 0.15) is 22.8 Å².